The minimum atomic E-state index is -0.674. The van der Waals surface area contributed by atoms with Crippen LogP contribution in [0.15, 0.2) is 30.4 Å². The molecule has 1 aliphatic carbocycles. The lowest BCUT2D eigenvalue weighted by molar-refractivity contribution is -0.148. The molecule has 1 N–H and O–H groups in total. The van der Waals surface area contributed by atoms with E-state index in [1.54, 1.807) is 12.1 Å². The van der Waals surface area contributed by atoms with E-state index in [1.165, 1.54) is 13.2 Å². The maximum atomic E-state index is 12.4. The van der Waals surface area contributed by atoms with Gasteiger partial charge < -0.3 is 14.8 Å². The van der Waals surface area contributed by atoms with Crippen LogP contribution in [0.5, 0.6) is 5.75 Å². The molecule has 2 unspecified atom stereocenters. The quantitative estimate of drug-likeness (QED) is 0.412. The maximum Gasteiger partial charge on any atom is 0.308 e. The summed E-state index contributed by atoms with van der Waals surface area (Å²) in [4.78, 5) is 49.8. The number of carbonyl (C=O) groups excluding carboxylic acids is 4. The molecule has 0 radical (unpaired) electrons. The topological polar surface area (TPSA) is 102 Å². The van der Waals surface area contributed by atoms with Crippen LogP contribution in [-0.4, -0.2) is 48.9 Å². The Morgan fingerprint density at radius 3 is 2.45 bits per heavy atom. The summed E-state index contributed by atoms with van der Waals surface area (Å²) in [7, 11) is 1.45. The molecule has 3 amide bonds. The fourth-order valence-electron chi connectivity index (χ4n) is 3.47. The van der Waals surface area contributed by atoms with Crippen LogP contribution in [0.25, 0.3) is 0 Å². The summed E-state index contributed by atoms with van der Waals surface area (Å²) in [5.41, 5.74) is 0.352. The highest BCUT2D eigenvalue weighted by atomic mass is 35.5. The number of allylic oxidation sites excluding steroid dienone is 2. The maximum absolute atomic E-state index is 12.4. The molecule has 29 heavy (non-hydrogen) atoms. The lowest BCUT2D eigenvalue weighted by Crippen LogP contribution is -2.33. The number of nitrogens with zero attached hydrogens (tertiary/aromatic N) is 1. The van der Waals surface area contributed by atoms with Crippen molar-refractivity contribution in [2.75, 3.05) is 25.6 Å². The Balaban J connectivity index is 1.46. The average molecular weight is 421 g/mol. The first-order chi connectivity index (χ1) is 13.9. The Bertz CT molecular complexity index is 843. The van der Waals surface area contributed by atoms with Crippen LogP contribution in [0.3, 0.4) is 0 Å². The number of ether oxygens (including phenoxy) is 2. The molecule has 154 valence electrons. The summed E-state index contributed by atoms with van der Waals surface area (Å²) < 4.78 is 10.1. The number of nitrogens with one attached hydrogen (secondary N) is 1. The highest BCUT2D eigenvalue weighted by Crippen LogP contribution is 2.35. The molecular weight excluding hydrogens is 400 g/mol. The van der Waals surface area contributed by atoms with Gasteiger partial charge in [0.05, 0.1) is 31.1 Å². The van der Waals surface area contributed by atoms with Gasteiger partial charge in [0, 0.05) is 11.6 Å². The van der Waals surface area contributed by atoms with E-state index in [4.69, 9.17) is 21.1 Å². The van der Waals surface area contributed by atoms with E-state index in [0.29, 0.717) is 29.3 Å². The number of imide groups is 1. The van der Waals surface area contributed by atoms with Crippen molar-refractivity contribution in [1.82, 2.24) is 4.90 Å². The number of esters is 1. The SMILES string of the molecule is COc1ccc(Cl)cc1NC(=O)COC(=O)CCN1C(=O)C2CC=CCC2C1=O. The highest BCUT2D eigenvalue weighted by Gasteiger charge is 2.46. The number of hydrogen-bond acceptors (Lipinski definition) is 6. The van der Waals surface area contributed by atoms with Gasteiger partial charge in [-0.2, -0.15) is 0 Å². The molecule has 1 aromatic rings. The molecule has 1 saturated heterocycles. The number of fused-ring (bicyclic) bond motifs is 1. The van der Waals surface area contributed by atoms with Gasteiger partial charge >= 0.3 is 5.97 Å². The zero-order chi connectivity index (χ0) is 21.0. The average Bonchev–Trinajstić information content (AvgIpc) is 2.95. The Kier molecular flexibility index (Phi) is 6.53. The van der Waals surface area contributed by atoms with Crippen molar-refractivity contribution in [2.24, 2.45) is 11.8 Å². The summed E-state index contributed by atoms with van der Waals surface area (Å²) in [5.74, 6) is -1.98. The normalized spacial score (nSPS) is 20.4. The van der Waals surface area contributed by atoms with Gasteiger partial charge in [0.1, 0.15) is 5.75 Å². The Labute approximate surface area is 172 Å². The summed E-state index contributed by atoms with van der Waals surface area (Å²) >= 11 is 5.90. The molecule has 0 aromatic heterocycles. The number of likely N-dealkylation sites (tertiary alicyclic amines) is 1. The van der Waals surface area contributed by atoms with Crippen molar-refractivity contribution in [3.63, 3.8) is 0 Å². The van der Waals surface area contributed by atoms with E-state index in [2.05, 4.69) is 5.32 Å². The molecule has 9 heteroatoms. The van der Waals surface area contributed by atoms with Crippen molar-refractivity contribution in [3.8, 4) is 5.75 Å². The number of hydrogen-bond donors (Lipinski definition) is 1. The van der Waals surface area contributed by atoms with E-state index in [0.717, 1.165) is 4.90 Å². The number of methoxy groups -OCH3 is 1. The van der Waals surface area contributed by atoms with Gasteiger partial charge in [-0.15, -0.1) is 0 Å². The lowest BCUT2D eigenvalue weighted by Gasteiger charge is -2.14. The molecule has 1 heterocycles. The molecule has 2 atom stereocenters. The van der Waals surface area contributed by atoms with E-state index in [1.807, 2.05) is 12.2 Å². The Hall–Kier alpha value is -2.87. The van der Waals surface area contributed by atoms with Crippen molar-refractivity contribution in [1.29, 1.82) is 0 Å². The molecule has 1 aliphatic heterocycles. The third-order valence-electron chi connectivity index (χ3n) is 4.94. The summed E-state index contributed by atoms with van der Waals surface area (Å²) in [5, 5.41) is 2.96. The molecular formula is C20H21ClN2O6. The lowest BCUT2D eigenvalue weighted by atomic mass is 9.85. The van der Waals surface area contributed by atoms with Crippen LogP contribution in [0.4, 0.5) is 5.69 Å². The van der Waals surface area contributed by atoms with Crippen LogP contribution in [0, 0.1) is 11.8 Å². The fourth-order valence-corrected chi connectivity index (χ4v) is 3.65. The molecule has 1 aromatic carbocycles. The second kappa shape index (κ2) is 9.09. The van der Waals surface area contributed by atoms with Crippen LogP contribution in [0.2, 0.25) is 5.02 Å². The predicted octanol–water partition coefficient (Wildman–Crippen LogP) is 2.17. The van der Waals surface area contributed by atoms with Crippen LogP contribution < -0.4 is 10.1 Å². The van der Waals surface area contributed by atoms with E-state index >= 15 is 0 Å². The van der Waals surface area contributed by atoms with Crippen molar-refractivity contribution >= 4 is 41.0 Å². The smallest absolute Gasteiger partial charge is 0.308 e. The van der Waals surface area contributed by atoms with Gasteiger partial charge in [-0.25, -0.2) is 0 Å². The zero-order valence-electron chi connectivity index (χ0n) is 15.9. The molecule has 1 fully saturated rings. The third-order valence-corrected chi connectivity index (χ3v) is 5.17. The van der Waals surface area contributed by atoms with Crippen molar-refractivity contribution in [3.05, 3.63) is 35.4 Å². The van der Waals surface area contributed by atoms with Gasteiger partial charge in [0.25, 0.3) is 5.91 Å². The van der Waals surface area contributed by atoms with Crippen molar-refractivity contribution < 1.29 is 28.7 Å². The first-order valence-electron chi connectivity index (χ1n) is 9.20. The Morgan fingerprint density at radius 1 is 1.17 bits per heavy atom. The van der Waals surface area contributed by atoms with Crippen molar-refractivity contribution in [2.45, 2.75) is 19.3 Å². The monoisotopic (exact) mass is 420 g/mol. The van der Waals surface area contributed by atoms with E-state index < -0.39 is 18.5 Å². The molecule has 0 bridgehead atoms. The number of halogens is 1. The minimum absolute atomic E-state index is 0.0484. The van der Waals surface area contributed by atoms with Crippen LogP contribution in [-0.2, 0) is 23.9 Å². The second-order valence-corrected chi connectivity index (χ2v) is 7.22. The second-order valence-electron chi connectivity index (χ2n) is 6.79. The summed E-state index contributed by atoms with van der Waals surface area (Å²) in [6.45, 7) is -0.557. The highest BCUT2D eigenvalue weighted by molar-refractivity contribution is 6.31. The third kappa shape index (κ3) is 4.76. The molecule has 2 aliphatic rings. The molecule has 0 saturated carbocycles. The van der Waals surface area contributed by atoms with Gasteiger partial charge in [0.2, 0.25) is 11.8 Å². The number of anilines is 1. The predicted molar refractivity (Wildman–Crippen MR) is 104 cm³/mol. The number of rotatable bonds is 7. The van der Waals surface area contributed by atoms with Gasteiger partial charge in [-0.05, 0) is 31.0 Å². The fraction of sp³-hybridized carbons (Fsp3) is 0.400. The number of carbonyl (C=O) groups is 4. The van der Waals surface area contributed by atoms with E-state index in [9.17, 15) is 19.2 Å². The minimum Gasteiger partial charge on any atom is -0.495 e. The van der Waals surface area contributed by atoms with E-state index in [-0.39, 0.29) is 36.6 Å². The number of benzene rings is 1. The zero-order valence-corrected chi connectivity index (χ0v) is 16.6. The largest absolute Gasteiger partial charge is 0.495 e. The first kappa shape index (κ1) is 20.9. The molecule has 8 nitrogen and oxygen atoms in total. The summed E-state index contributed by atoms with van der Waals surface area (Å²) in [6.07, 6.45) is 4.72. The van der Waals surface area contributed by atoms with Gasteiger partial charge in [0.15, 0.2) is 6.61 Å². The molecule has 3 rings (SSSR count). The van der Waals surface area contributed by atoms with Gasteiger partial charge in [-0.1, -0.05) is 23.8 Å². The van der Waals surface area contributed by atoms with Gasteiger partial charge in [-0.3, -0.25) is 24.1 Å². The summed E-state index contributed by atoms with van der Waals surface area (Å²) in [6, 6.07) is 4.73. The standard InChI is InChI=1S/C20H21ClN2O6/c1-28-16-7-6-12(21)10-15(16)22-17(24)11-29-18(25)8-9-23-19(26)13-4-2-3-5-14(13)20(23)27/h2-3,6-7,10,13-14H,4-5,8-9,11H2,1H3,(H,22,24). The molecule has 0 spiro atoms. The van der Waals surface area contributed by atoms with Crippen LogP contribution >= 0.6 is 11.6 Å². The Morgan fingerprint density at radius 2 is 1.83 bits per heavy atom. The first-order valence-corrected chi connectivity index (χ1v) is 9.57. The number of amides is 3. The van der Waals surface area contributed by atoms with Crippen LogP contribution in [0.1, 0.15) is 19.3 Å².